The summed E-state index contributed by atoms with van der Waals surface area (Å²) in [5.41, 5.74) is 6.93. The van der Waals surface area contributed by atoms with Crippen LogP contribution in [-0.4, -0.2) is 0 Å². The first-order valence-electron chi connectivity index (χ1n) is 8.12. The Hall–Kier alpha value is -0.937. The van der Waals surface area contributed by atoms with Crippen LogP contribution in [0.2, 0.25) is 0 Å². The predicted molar refractivity (Wildman–Crippen MR) is 92.0 cm³/mol. The number of hydrogen-bond donors (Lipinski definition) is 0. The first-order valence-corrected chi connectivity index (χ1v) is 8.12. The largest absolute Gasteiger partial charge is 0.0654 e. The van der Waals surface area contributed by atoms with Gasteiger partial charge in [-0.2, -0.15) is 0 Å². The molecule has 2 aromatic rings. The summed E-state index contributed by atoms with van der Waals surface area (Å²) in [5, 5.41) is 0. The average molecular weight is 367 g/mol. The normalized spacial score (nSPS) is 12.5. The summed E-state index contributed by atoms with van der Waals surface area (Å²) in [6, 6.07) is 17.3. The Morgan fingerprint density at radius 3 is 2.41 bits per heavy atom. The van der Waals surface area contributed by atoms with E-state index in [-0.39, 0.29) is 26.2 Å². The number of fused-ring (bicyclic) bond motifs is 1. The molecule has 0 aliphatic heterocycles. The van der Waals surface area contributed by atoms with E-state index < -0.39 is 0 Å². The Balaban J connectivity index is 0.00000176. The molecule has 0 heterocycles. The molecule has 3 rings (SSSR count). The number of rotatable bonds is 6. The van der Waals surface area contributed by atoms with Crippen LogP contribution in [0, 0.1) is 6.42 Å². The van der Waals surface area contributed by atoms with E-state index in [2.05, 4.69) is 68.0 Å². The second kappa shape index (κ2) is 8.63. The fraction of sp³-hybridized carbons (Fsp3) is 0.286. The zero-order valence-electron chi connectivity index (χ0n) is 13.3. The molecular weight excluding hydrogens is 343 g/mol. The van der Waals surface area contributed by atoms with Crippen molar-refractivity contribution in [2.24, 2.45) is 0 Å². The second-order valence-corrected chi connectivity index (χ2v) is 5.85. The molecule has 1 radical (unpaired) electrons. The third-order valence-electron chi connectivity index (χ3n) is 4.21. The second-order valence-electron chi connectivity index (χ2n) is 5.85. The van der Waals surface area contributed by atoms with Crippen LogP contribution in [0.4, 0.5) is 0 Å². The maximum atomic E-state index is 2.39. The van der Waals surface area contributed by atoms with Crippen LogP contribution in [0.15, 0.2) is 54.1 Å². The van der Waals surface area contributed by atoms with Crippen LogP contribution >= 0.6 is 0 Å². The maximum Gasteiger partial charge on any atom is 0.0164 e. The summed E-state index contributed by atoms with van der Waals surface area (Å²) in [5.74, 6) is 0. The quantitative estimate of drug-likeness (QED) is 0.528. The van der Waals surface area contributed by atoms with Gasteiger partial charge in [-0.25, -0.2) is 0 Å². The summed E-state index contributed by atoms with van der Waals surface area (Å²) in [6.07, 6.45) is 11.3. The summed E-state index contributed by atoms with van der Waals surface area (Å²) < 4.78 is 0. The van der Waals surface area contributed by atoms with Gasteiger partial charge in [0.2, 0.25) is 0 Å². The van der Waals surface area contributed by atoms with Gasteiger partial charge >= 0.3 is 0 Å². The van der Waals surface area contributed by atoms with Crippen molar-refractivity contribution in [3.63, 3.8) is 0 Å². The van der Waals surface area contributed by atoms with Gasteiger partial charge in [0.15, 0.2) is 0 Å². The van der Waals surface area contributed by atoms with E-state index in [1.165, 1.54) is 59.9 Å². The smallest absolute Gasteiger partial charge is 0.0164 e. The topological polar surface area (TPSA) is 0 Å². The molecule has 2 aromatic carbocycles. The third kappa shape index (κ3) is 4.08. The van der Waals surface area contributed by atoms with E-state index in [1.807, 2.05) is 0 Å². The van der Waals surface area contributed by atoms with Crippen molar-refractivity contribution < 1.29 is 26.2 Å². The Morgan fingerprint density at radius 1 is 0.818 bits per heavy atom. The van der Waals surface area contributed by atoms with Crippen molar-refractivity contribution >= 4 is 6.08 Å². The zero-order valence-corrected chi connectivity index (χ0v) is 15.8. The molecule has 111 valence electrons. The van der Waals surface area contributed by atoms with Crippen LogP contribution in [0.3, 0.4) is 0 Å². The summed E-state index contributed by atoms with van der Waals surface area (Å²) in [4.78, 5) is 0. The van der Waals surface area contributed by atoms with Gasteiger partial charge in [-0.15, -0.1) is 0 Å². The first kappa shape index (κ1) is 17.4. The monoisotopic (exact) mass is 365 g/mol. The molecule has 0 saturated carbocycles. The number of allylic oxidation sites excluding steroid dienone is 1. The Morgan fingerprint density at radius 2 is 1.64 bits per heavy atom. The minimum absolute atomic E-state index is 0. The molecule has 0 unspecified atom stereocenters. The van der Waals surface area contributed by atoms with E-state index in [9.17, 15) is 0 Å². The number of hydrogen-bond acceptors (Lipinski definition) is 0. The molecule has 1 aliphatic rings. The Labute approximate surface area is 153 Å². The van der Waals surface area contributed by atoms with Crippen LogP contribution in [0.1, 0.15) is 50.2 Å². The van der Waals surface area contributed by atoms with Crippen molar-refractivity contribution in [2.75, 3.05) is 0 Å². The number of benzene rings is 2. The molecule has 0 nitrogen and oxygen atoms in total. The SMILES string of the molecule is CCCCCCC1=Cc2c(cccc2-c2ccccc2)[CH]1.[Zr]. The average Bonchev–Trinajstić information content (AvgIpc) is 2.95. The first-order chi connectivity index (χ1) is 10.4. The molecule has 0 N–H and O–H groups in total. The predicted octanol–water partition coefficient (Wildman–Crippen LogP) is 6.27. The van der Waals surface area contributed by atoms with E-state index >= 15 is 0 Å². The van der Waals surface area contributed by atoms with Gasteiger partial charge in [-0.3, -0.25) is 0 Å². The van der Waals surface area contributed by atoms with Crippen LogP contribution < -0.4 is 0 Å². The van der Waals surface area contributed by atoms with Gasteiger partial charge in [-0.05, 0) is 35.1 Å². The van der Waals surface area contributed by atoms with Crippen molar-refractivity contribution in [1.29, 1.82) is 0 Å². The molecule has 0 fully saturated rings. The fourth-order valence-corrected chi connectivity index (χ4v) is 3.07. The van der Waals surface area contributed by atoms with Crippen molar-refractivity contribution in [3.05, 3.63) is 71.7 Å². The van der Waals surface area contributed by atoms with E-state index in [4.69, 9.17) is 0 Å². The van der Waals surface area contributed by atoms with E-state index in [0.29, 0.717) is 0 Å². The summed E-state index contributed by atoms with van der Waals surface area (Å²) in [7, 11) is 0. The molecule has 1 aliphatic carbocycles. The summed E-state index contributed by atoms with van der Waals surface area (Å²) in [6.45, 7) is 2.27. The Kier molecular flexibility index (Phi) is 6.83. The molecule has 0 amide bonds. The third-order valence-corrected chi connectivity index (χ3v) is 4.21. The van der Waals surface area contributed by atoms with E-state index in [0.717, 1.165) is 0 Å². The molecule has 1 heteroatoms. The van der Waals surface area contributed by atoms with Crippen LogP contribution in [0.25, 0.3) is 17.2 Å². The number of unbranched alkanes of at least 4 members (excludes halogenated alkanes) is 3. The minimum atomic E-state index is 0. The molecule has 0 spiro atoms. The van der Waals surface area contributed by atoms with Gasteiger partial charge in [0.1, 0.15) is 0 Å². The molecular formula is C21H23Zr. The van der Waals surface area contributed by atoms with Crippen LogP contribution in [0.5, 0.6) is 0 Å². The van der Waals surface area contributed by atoms with Crippen LogP contribution in [-0.2, 0) is 26.2 Å². The van der Waals surface area contributed by atoms with Gasteiger partial charge in [-0.1, -0.05) is 86.4 Å². The van der Waals surface area contributed by atoms with Crippen molar-refractivity contribution in [1.82, 2.24) is 0 Å². The fourth-order valence-electron chi connectivity index (χ4n) is 3.07. The van der Waals surface area contributed by atoms with E-state index in [1.54, 1.807) is 0 Å². The van der Waals surface area contributed by atoms with Gasteiger partial charge in [0.25, 0.3) is 0 Å². The van der Waals surface area contributed by atoms with Gasteiger partial charge in [0, 0.05) is 32.6 Å². The van der Waals surface area contributed by atoms with Gasteiger partial charge < -0.3 is 0 Å². The molecule has 0 saturated heterocycles. The molecule has 0 bridgehead atoms. The summed E-state index contributed by atoms with van der Waals surface area (Å²) >= 11 is 0. The Bertz CT molecular complexity index is 626. The standard InChI is InChI=1S/C21H23.Zr/c1-2-3-4-6-10-17-15-19-13-9-14-20(21(19)16-17)18-11-7-5-8-12-18;/h5,7-9,11-16H,2-4,6,10H2,1H3;. The maximum absolute atomic E-state index is 2.39. The minimum Gasteiger partial charge on any atom is -0.0654 e. The molecule has 22 heavy (non-hydrogen) atoms. The van der Waals surface area contributed by atoms with Crippen molar-refractivity contribution in [2.45, 2.75) is 39.0 Å². The van der Waals surface area contributed by atoms with Gasteiger partial charge in [0.05, 0.1) is 0 Å². The van der Waals surface area contributed by atoms with Crippen molar-refractivity contribution in [3.8, 4) is 11.1 Å². The molecule has 0 atom stereocenters. The zero-order chi connectivity index (χ0) is 14.5. The molecule has 0 aromatic heterocycles.